The fraction of sp³-hybridized carbons (Fsp3) is 0.250. The van der Waals surface area contributed by atoms with E-state index in [0.29, 0.717) is 0 Å². The van der Waals surface area contributed by atoms with Gasteiger partial charge in [-0.2, -0.15) is 0 Å². The number of pyridine rings is 2. The van der Waals surface area contributed by atoms with Gasteiger partial charge in [0.2, 0.25) is 0 Å². The molecule has 27 heavy (non-hydrogen) atoms. The molecule has 0 aliphatic heterocycles. The van der Waals surface area contributed by atoms with Crippen molar-refractivity contribution >= 4 is 21.8 Å². The lowest BCUT2D eigenvalue weighted by Gasteiger charge is -2.10. The highest BCUT2D eigenvalue weighted by molar-refractivity contribution is 6.04. The number of nitrogens with zero attached hydrogens (tertiary/aromatic N) is 2. The van der Waals surface area contributed by atoms with Crippen LogP contribution in [-0.4, -0.2) is 16.1 Å². The van der Waals surface area contributed by atoms with Crippen LogP contribution in [0.3, 0.4) is 0 Å². The molecule has 0 aliphatic carbocycles. The normalized spacial score (nSPS) is 11.4. The maximum atomic E-state index is 5.71. The molecule has 0 atom stereocenters. The molecule has 2 aromatic carbocycles. The van der Waals surface area contributed by atoms with Crippen molar-refractivity contribution in [3.05, 3.63) is 77.6 Å². The van der Waals surface area contributed by atoms with Gasteiger partial charge in [-0.1, -0.05) is 24.3 Å². The molecule has 3 nitrogen and oxygen atoms in total. The fourth-order valence-electron chi connectivity index (χ4n) is 3.38. The first-order chi connectivity index (χ1) is 13.1. The van der Waals surface area contributed by atoms with Crippen molar-refractivity contribution in [1.82, 2.24) is 9.97 Å². The monoisotopic (exact) mass is 356 g/mol. The van der Waals surface area contributed by atoms with Crippen LogP contribution < -0.4 is 4.74 Å². The van der Waals surface area contributed by atoms with Crippen LogP contribution in [0.1, 0.15) is 30.5 Å². The fourth-order valence-corrected chi connectivity index (χ4v) is 3.38. The first-order valence-corrected chi connectivity index (χ1v) is 9.48. The lowest BCUT2D eigenvalue weighted by Crippen LogP contribution is -2.05. The molecule has 4 rings (SSSR count). The van der Waals surface area contributed by atoms with E-state index >= 15 is 0 Å². The van der Waals surface area contributed by atoms with Crippen LogP contribution in [0.15, 0.2) is 60.9 Å². The summed E-state index contributed by atoms with van der Waals surface area (Å²) >= 11 is 0. The summed E-state index contributed by atoms with van der Waals surface area (Å²) in [5, 5.41) is 2.35. The zero-order valence-electron chi connectivity index (χ0n) is 16.1. The number of benzene rings is 2. The van der Waals surface area contributed by atoms with Crippen molar-refractivity contribution < 1.29 is 4.74 Å². The number of aryl methyl sites for hydroxylation is 3. The van der Waals surface area contributed by atoms with Crippen LogP contribution in [0.2, 0.25) is 0 Å². The molecule has 2 heterocycles. The number of fused-ring (bicyclic) bond motifs is 3. The molecular weight excluding hydrogens is 332 g/mol. The predicted molar refractivity (Wildman–Crippen MR) is 111 cm³/mol. The molecule has 0 fully saturated rings. The Hall–Kier alpha value is -2.94. The van der Waals surface area contributed by atoms with Gasteiger partial charge < -0.3 is 4.74 Å². The van der Waals surface area contributed by atoms with Gasteiger partial charge in [0.15, 0.2) is 0 Å². The Morgan fingerprint density at radius 1 is 0.778 bits per heavy atom. The Kier molecular flexibility index (Phi) is 4.76. The Morgan fingerprint density at radius 3 is 2.30 bits per heavy atom. The van der Waals surface area contributed by atoms with Crippen LogP contribution in [0.5, 0.6) is 5.75 Å². The molecule has 0 aliphatic rings. The average molecular weight is 356 g/mol. The van der Waals surface area contributed by atoms with Crippen LogP contribution in [0.4, 0.5) is 0 Å². The molecule has 2 aromatic heterocycles. The highest BCUT2D eigenvalue weighted by Crippen LogP contribution is 2.24. The second kappa shape index (κ2) is 7.36. The second-order valence-corrected chi connectivity index (χ2v) is 7.37. The Bertz CT molecular complexity index is 1080. The summed E-state index contributed by atoms with van der Waals surface area (Å²) in [5.74, 6) is 0.926. The molecule has 0 bridgehead atoms. The largest absolute Gasteiger partial charge is 0.491 e. The van der Waals surface area contributed by atoms with Crippen molar-refractivity contribution in [3.63, 3.8) is 0 Å². The van der Waals surface area contributed by atoms with Crippen LogP contribution in [0, 0.1) is 6.92 Å². The van der Waals surface area contributed by atoms with Gasteiger partial charge in [-0.15, -0.1) is 0 Å². The zero-order valence-corrected chi connectivity index (χ0v) is 16.1. The first-order valence-electron chi connectivity index (χ1n) is 9.48. The summed E-state index contributed by atoms with van der Waals surface area (Å²) in [6.07, 6.45) is 5.99. The van der Waals surface area contributed by atoms with Crippen molar-refractivity contribution in [3.8, 4) is 5.75 Å². The Morgan fingerprint density at radius 2 is 1.52 bits per heavy atom. The maximum Gasteiger partial charge on any atom is 0.119 e. The molecule has 0 spiro atoms. The predicted octanol–water partition coefficient (Wildman–Crippen LogP) is 5.66. The minimum absolute atomic E-state index is 0.202. The molecule has 0 unspecified atom stereocenters. The van der Waals surface area contributed by atoms with E-state index in [4.69, 9.17) is 4.74 Å². The van der Waals surface area contributed by atoms with Crippen LogP contribution in [-0.2, 0) is 12.8 Å². The molecular formula is C24H24N2O. The van der Waals surface area contributed by atoms with Gasteiger partial charge in [0.05, 0.1) is 23.3 Å². The third-order valence-electron chi connectivity index (χ3n) is 4.74. The third-order valence-corrected chi connectivity index (χ3v) is 4.74. The van der Waals surface area contributed by atoms with Crippen LogP contribution in [0.25, 0.3) is 21.8 Å². The van der Waals surface area contributed by atoms with E-state index in [9.17, 15) is 0 Å². The van der Waals surface area contributed by atoms with Gasteiger partial charge in [0, 0.05) is 17.0 Å². The number of hydrogen-bond donors (Lipinski definition) is 0. The van der Waals surface area contributed by atoms with Gasteiger partial charge in [-0.25, -0.2) is 0 Å². The van der Waals surface area contributed by atoms with Crippen molar-refractivity contribution in [1.29, 1.82) is 0 Å². The van der Waals surface area contributed by atoms with Crippen molar-refractivity contribution in [2.45, 2.75) is 39.7 Å². The second-order valence-electron chi connectivity index (χ2n) is 7.37. The first kappa shape index (κ1) is 17.5. The molecule has 0 amide bonds. The van der Waals surface area contributed by atoms with E-state index in [2.05, 4.69) is 65.4 Å². The zero-order chi connectivity index (χ0) is 18.8. The molecule has 0 saturated carbocycles. The van der Waals surface area contributed by atoms with E-state index in [0.717, 1.165) is 29.6 Å². The van der Waals surface area contributed by atoms with Crippen molar-refractivity contribution in [2.24, 2.45) is 0 Å². The highest BCUT2D eigenvalue weighted by Gasteiger charge is 2.06. The summed E-state index contributed by atoms with van der Waals surface area (Å²) < 4.78 is 5.71. The highest BCUT2D eigenvalue weighted by atomic mass is 16.5. The Labute approximate surface area is 160 Å². The molecule has 0 radical (unpaired) electrons. The van der Waals surface area contributed by atoms with Gasteiger partial charge in [-0.3, -0.25) is 9.97 Å². The number of aromatic nitrogens is 2. The lowest BCUT2D eigenvalue weighted by atomic mass is 10.0. The molecule has 3 heteroatoms. The van der Waals surface area contributed by atoms with Crippen LogP contribution >= 0.6 is 0 Å². The van der Waals surface area contributed by atoms with E-state index in [1.807, 2.05) is 26.2 Å². The third kappa shape index (κ3) is 3.92. The van der Waals surface area contributed by atoms with E-state index < -0.39 is 0 Å². The smallest absolute Gasteiger partial charge is 0.119 e. The van der Waals surface area contributed by atoms with Gasteiger partial charge in [-0.05, 0) is 74.6 Å². The van der Waals surface area contributed by atoms with Crippen molar-refractivity contribution in [2.75, 3.05) is 0 Å². The topological polar surface area (TPSA) is 35.0 Å². The van der Waals surface area contributed by atoms with Gasteiger partial charge in [0.1, 0.15) is 5.75 Å². The molecule has 136 valence electrons. The quantitative estimate of drug-likeness (QED) is 0.433. The Balaban J connectivity index is 1.56. The van der Waals surface area contributed by atoms with Gasteiger partial charge in [0.25, 0.3) is 0 Å². The lowest BCUT2D eigenvalue weighted by molar-refractivity contribution is 0.242. The SMILES string of the molecule is Cc1ccc2c(c1)ncc1ncc(CCc3ccc(OC(C)C)cc3)cc12. The summed E-state index contributed by atoms with van der Waals surface area (Å²) in [7, 11) is 0. The number of ether oxygens (including phenoxy) is 1. The standard InChI is InChI=1S/C24H24N2O/c1-16(2)27-20-9-7-18(8-10-20)5-6-19-13-22-21-11-4-17(3)12-23(21)26-15-24(22)25-14-19/h4,7-16H,5-6H2,1-3H3. The summed E-state index contributed by atoms with van der Waals surface area (Å²) in [4.78, 5) is 9.18. The summed E-state index contributed by atoms with van der Waals surface area (Å²) in [6.45, 7) is 6.18. The molecule has 0 N–H and O–H groups in total. The number of hydrogen-bond acceptors (Lipinski definition) is 3. The van der Waals surface area contributed by atoms with E-state index in [-0.39, 0.29) is 6.10 Å². The van der Waals surface area contributed by atoms with E-state index in [1.165, 1.54) is 27.5 Å². The number of rotatable bonds is 5. The minimum Gasteiger partial charge on any atom is -0.491 e. The average Bonchev–Trinajstić information content (AvgIpc) is 2.66. The minimum atomic E-state index is 0.202. The van der Waals surface area contributed by atoms with E-state index in [1.54, 1.807) is 0 Å². The maximum absolute atomic E-state index is 5.71. The summed E-state index contributed by atoms with van der Waals surface area (Å²) in [6, 6.07) is 17.1. The molecule has 4 aromatic rings. The van der Waals surface area contributed by atoms with Gasteiger partial charge >= 0.3 is 0 Å². The molecule has 0 saturated heterocycles. The summed E-state index contributed by atoms with van der Waals surface area (Å²) in [5.41, 5.74) is 5.76.